The molecule has 2 amide bonds. The van der Waals surface area contributed by atoms with Gasteiger partial charge in [0.25, 0.3) is 0 Å². The van der Waals surface area contributed by atoms with E-state index >= 15 is 0 Å². The van der Waals surface area contributed by atoms with Gasteiger partial charge in [-0.1, -0.05) is 50.8 Å². The minimum atomic E-state index is -0.443. The molecule has 0 aliphatic carbocycles. The van der Waals surface area contributed by atoms with Crippen molar-refractivity contribution >= 4 is 40.8 Å². The molecule has 2 aliphatic heterocycles. The number of allylic oxidation sites excluding steroid dienone is 2. The van der Waals surface area contributed by atoms with Gasteiger partial charge in [-0.15, -0.1) is 11.6 Å². The molecule has 1 fully saturated rings. The van der Waals surface area contributed by atoms with E-state index in [1.165, 1.54) is 0 Å². The third-order valence-electron chi connectivity index (χ3n) is 6.31. The van der Waals surface area contributed by atoms with Crippen molar-refractivity contribution in [1.82, 2.24) is 20.4 Å². The van der Waals surface area contributed by atoms with Crippen LogP contribution in [-0.2, 0) is 4.74 Å². The maximum absolute atomic E-state index is 12.2. The molecule has 10 heteroatoms. The molecule has 0 bridgehead atoms. The van der Waals surface area contributed by atoms with Crippen molar-refractivity contribution in [2.24, 2.45) is 4.99 Å². The first-order valence-electron chi connectivity index (χ1n) is 13.5. The first kappa shape index (κ1) is 36.7. The SMILES string of the molecule is CC1=CC=CNC1NC(=O)c1cc(I)[c-]cc1C.C[CH-]C(C=NCC)N1CCN(C(=O)OC(C)(C)C)[C@H](C)C1.[U+2]. The number of rotatable bonds is 6. The van der Waals surface area contributed by atoms with Crippen molar-refractivity contribution in [2.75, 3.05) is 26.2 Å². The second-order valence-electron chi connectivity index (χ2n) is 10.7. The van der Waals surface area contributed by atoms with Crippen molar-refractivity contribution in [3.8, 4) is 0 Å². The zero-order valence-electron chi connectivity index (χ0n) is 25.0. The molecule has 1 saturated heterocycles. The van der Waals surface area contributed by atoms with Crippen LogP contribution in [0.25, 0.3) is 0 Å². The number of nitrogens with zero attached hydrogens (tertiary/aromatic N) is 3. The summed E-state index contributed by atoms with van der Waals surface area (Å²) >= 11 is 2.16. The topological polar surface area (TPSA) is 86.3 Å². The number of carbonyl (C=O) groups is 2. The number of benzene rings is 1. The summed E-state index contributed by atoms with van der Waals surface area (Å²) in [7, 11) is 0. The predicted molar refractivity (Wildman–Crippen MR) is 167 cm³/mol. The van der Waals surface area contributed by atoms with Crippen LogP contribution in [-0.4, -0.2) is 78.0 Å². The van der Waals surface area contributed by atoms with Gasteiger partial charge in [-0.2, -0.15) is 19.1 Å². The van der Waals surface area contributed by atoms with Crippen LogP contribution in [0.1, 0.15) is 64.4 Å². The third-order valence-corrected chi connectivity index (χ3v) is 6.93. The number of ether oxygens (including phenoxy) is 1. The molecule has 1 aromatic rings. The summed E-state index contributed by atoms with van der Waals surface area (Å²) < 4.78 is 6.41. The molecule has 3 rings (SSSR count). The monoisotopic (exact) mass is 887 g/mol. The van der Waals surface area contributed by atoms with E-state index in [4.69, 9.17) is 4.74 Å². The van der Waals surface area contributed by atoms with E-state index in [2.05, 4.69) is 69.5 Å². The molecule has 2 heterocycles. The van der Waals surface area contributed by atoms with E-state index < -0.39 is 5.60 Å². The van der Waals surface area contributed by atoms with Crippen LogP contribution in [0.2, 0.25) is 0 Å². The second kappa shape index (κ2) is 17.6. The standard InChI is InChI=1S/C16H30N3O2.C14H14IN2O.U/c1-7-14(11-17-8-2)18-9-10-19(13(3)12-18)15(20)21-16(4,5)6;1-9-5-6-11(15)8-12(9)14(18)17-13-10(2)4-3-7-16-13;/h7,11,13-14H,8-10,12H2,1-6H3;3-5,7-8,13,16H,1-2H3,(H,17,18);/q2*-1;+2/t13-,14?;;/m1../s1. The number of aliphatic imine (C=N–C) groups is 1. The van der Waals surface area contributed by atoms with Gasteiger partial charge >= 0.3 is 37.2 Å². The third kappa shape index (κ3) is 11.9. The van der Waals surface area contributed by atoms with Crippen LogP contribution in [0.4, 0.5) is 4.79 Å². The number of piperazine rings is 1. The van der Waals surface area contributed by atoms with E-state index in [1.54, 1.807) is 0 Å². The van der Waals surface area contributed by atoms with Crippen LogP contribution < -0.4 is 10.6 Å². The predicted octanol–water partition coefficient (Wildman–Crippen LogP) is 5.13. The number of hydrogen-bond donors (Lipinski definition) is 2. The van der Waals surface area contributed by atoms with Gasteiger partial charge in [0.1, 0.15) is 11.8 Å². The molecule has 2 unspecified atom stereocenters. The normalized spacial score (nSPS) is 19.9. The van der Waals surface area contributed by atoms with Gasteiger partial charge in [-0.3, -0.25) is 9.79 Å². The average molecular weight is 888 g/mol. The Morgan fingerprint density at radius 1 is 1.35 bits per heavy atom. The number of dihydropyridines is 1. The Hall–Kier alpha value is -1.35. The van der Waals surface area contributed by atoms with E-state index in [-0.39, 0.29) is 61.4 Å². The Morgan fingerprint density at radius 3 is 2.62 bits per heavy atom. The van der Waals surface area contributed by atoms with Crippen LogP contribution in [0.5, 0.6) is 0 Å². The maximum atomic E-state index is 12.2. The maximum Gasteiger partial charge on any atom is 2.00 e. The van der Waals surface area contributed by atoms with Crippen LogP contribution in [0.3, 0.4) is 0 Å². The van der Waals surface area contributed by atoms with Gasteiger partial charge in [-0.25, -0.2) is 4.79 Å². The van der Waals surface area contributed by atoms with E-state index in [0.717, 1.165) is 34.3 Å². The second-order valence-corrected chi connectivity index (χ2v) is 11.9. The summed E-state index contributed by atoms with van der Waals surface area (Å²) in [5, 5.41) is 6.08. The van der Waals surface area contributed by atoms with Crippen molar-refractivity contribution in [3.63, 3.8) is 0 Å². The molecule has 40 heavy (non-hydrogen) atoms. The molecule has 0 aromatic heterocycles. The van der Waals surface area contributed by atoms with Crippen molar-refractivity contribution in [2.45, 2.75) is 79.2 Å². The largest absolute Gasteiger partial charge is 2.00 e. The van der Waals surface area contributed by atoms with Crippen LogP contribution in [0, 0.1) is 54.1 Å². The summed E-state index contributed by atoms with van der Waals surface area (Å²) in [6, 6.07) is 7.15. The summed E-state index contributed by atoms with van der Waals surface area (Å²) in [5.74, 6) is -0.0695. The summed E-state index contributed by atoms with van der Waals surface area (Å²) in [4.78, 5) is 32.9. The Balaban J connectivity index is 0.000000394. The fourth-order valence-electron chi connectivity index (χ4n) is 4.18. The Labute approximate surface area is 278 Å². The number of hydrogen-bond acceptors (Lipinski definition) is 6. The number of nitrogens with one attached hydrogen (secondary N) is 2. The quantitative estimate of drug-likeness (QED) is 0.236. The van der Waals surface area contributed by atoms with Gasteiger partial charge in [-0.05, 0) is 65.6 Å². The molecule has 1 aromatic carbocycles. The van der Waals surface area contributed by atoms with Crippen molar-refractivity contribution in [3.05, 3.63) is 63.2 Å². The van der Waals surface area contributed by atoms with Gasteiger partial charge in [0, 0.05) is 32.2 Å². The van der Waals surface area contributed by atoms with Crippen LogP contribution >= 0.6 is 22.6 Å². The van der Waals surface area contributed by atoms with E-state index in [9.17, 15) is 9.59 Å². The minimum Gasteiger partial charge on any atom is -0.444 e. The molecule has 8 nitrogen and oxygen atoms in total. The van der Waals surface area contributed by atoms with Crippen LogP contribution in [0.15, 0.2) is 41.1 Å². The molecule has 2 N–H and O–H groups in total. The molecular formula is C30H44IN5O3U. The van der Waals surface area contributed by atoms with Crippen molar-refractivity contribution in [1.29, 1.82) is 0 Å². The number of aryl methyl sites for hydroxylation is 1. The number of carbonyl (C=O) groups excluding carboxylic acids is 2. The molecule has 0 spiro atoms. The summed E-state index contributed by atoms with van der Waals surface area (Å²) in [6.07, 6.45) is 9.52. The molecule has 2 aliphatic rings. The smallest absolute Gasteiger partial charge is 0.444 e. The average Bonchev–Trinajstić information content (AvgIpc) is 2.86. The fourth-order valence-corrected chi connectivity index (χ4v) is 4.65. The number of halogens is 1. The molecule has 3 atom stereocenters. The van der Waals surface area contributed by atoms with Gasteiger partial charge in [0.15, 0.2) is 0 Å². The summed E-state index contributed by atoms with van der Waals surface area (Å²) in [5.41, 5.74) is 2.27. The van der Waals surface area contributed by atoms with E-state index in [0.29, 0.717) is 12.1 Å². The zero-order valence-corrected chi connectivity index (χ0v) is 31.4. The zero-order chi connectivity index (χ0) is 29.2. The molecule has 218 valence electrons. The van der Waals surface area contributed by atoms with Gasteiger partial charge in [0.2, 0.25) is 5.91 Å². The Kier molecular flexibility index (Phi) is 16.1. The number of amides is 2. The van der Waals surface area contributed by atoms with Crippen molar-refractivity contribution < 1.29 is 45.4 Å². The molecule has 0 saturated carbocycles. The molecular weight excluding hydrogens is 843 g/mol. The molecule has 0 radical (unpaired) electrons. The fraction of sp³-hybridized carbons (Fsp3) is 0.533. The Morgan fingerprint density at radius 2 is 2.05 bits per heavy atom. The first-order chi connectivity index (χ1) is 18.4. The van der Waals surface area contributed by atoms with Gasteiger partial charge < -0.3 is 31.6 Å². The van der Waals surface area contributed by atoms with E-state index in [1.807, 2.05) is 83.1 Å². The Bertz CT molecular complexity index is 1070. The minimum absolute atomic E-state index is 0. The van der Waals surface area contributed by atoms with Gasteiger partial charge in [0.05, 0.1) is 0 Å². The first-order valence-corrected chi connectivity index (χ1v) is 14.5. The summed E-state index contributed by atoms with van der Waals surface area (Å²) in [6.45, 7) is 18.9.